The highest BCUT2D eigenvalue weighted by atomic mass is 35.5. The molecule has 1 nitrogen and oxygen atoms in total. The molecule has 86 valence electrons. The summed E-state index contributed by atoms with van der Waals surface area (Å²) < 4.78 is 0. The van der Waals surface area contributed by atoms with Gasteiger partial charge in [-0.05, 0) is 35.4 Å². The minimum atomic E-state index is 0. The number of hydrogen-bond donors (Lipinski definition) is 1. The topological polar surface area (TPSA) is 26.0 Å². The second-order valence-electron chi connectivity index (χ2n) is 3.27. The molecule has 0 bridgehead atoms. The van der Waals surface area contributed by atoms with Crippen molar-refractivity contribution in [3.8, 4) is 0 Å². The number of rotatable bonds is 3. The van der Waals surface area contributed by atoms with Gasteiger partial charge in [0.05, 0.1) is 6.04 Å². The van der Waals surface area contributed by atoms with Crippen LogP contribution in [0.1, 0.15) is 16.5 Å². The van der Waals surface area contributed by atoms with Gasteiger partial charge in [-0.2, -0.15) is 0 Å². The zero-order valence-corrected chi connectivity index (χ0v) is 11.4. The fraction of sp³-hybridized carbons (Fsp3) is 0.167. The van der Waals surface area contributed by atoms with Crippen molar-refractivity contribution in [2.45, 2.75) is 10.9 Å². The van der Waals surface area contributed by atoms with Gasteiger partial charge in [-0.25, -0.2) is 0 Å². The molecule has 0 aliphatic heterocycles. The Labute approximate surface area is 110 Å². The Bertz CT molecular complexity index is 411. The van der Waals surface area contributed by atoms with Crippen LogP contribution in [0.5, 0.6) is 0 Å². The zero-order chi connectivity index (χ0) is 10.7. The van der Waals surface area contributed by atoms with Crippen LogP contribution in [0.15, 0.2) is 46.7 Å². The molecule has 0 spiro atoms. The average molecular weight is 272 g/mol. The summed E-state index contributed by atoms with van der Waals surface area (Å²) in [6, 6.07) is 12.6. The van der Waals surface area contributed by atoms with Crippen molar-refractivity contribution in [2.24, 2.45) is 5.73 Å². The predicted octanol–water partition coefficient (Wildman–Crippen LogP) is 3.94. The van der Waals surface area contributed by atoms with E-state index in [1.54, 1.807) is 23.1 Å². The second-order valence-corrected chi connectivity index (χ2v) is 5.13. The van der Waals surface area contributed by atoms with E-state index < -0.39 is 0 Å². The quantitative estimate of drug-likeness (QED) is 0.856. The molecule has 1 heterocycles. The maximum absolute atomic E-state index is 6.16. The molecule has 0 aliphatic carbocycles. The van der Waals surface area contributed by atoms with Gasteiger partial charge in [0.2, 0.25) is 0 Å². The van der Waals surface area contributed by atoms with Crippen LogP contribution in [0, 0.1) is 0 Å². The molecule has 16 heavy (non-hydrogen) atoms. The molecule has 2 aromatic rings. The van der Waals surface area contributed by atoms with Crippen molar-refractivity contribution in [3.63, 3.8) is 0 Å². The average Bonchev–Trinajstić information content (AvgIpc) is 2.82. The Morgan fingerprint density at radius 3 is 2.38 bits per heavy atom. The summed E-state index contributed by atoms with van der Waals surface area (Å²) in [7, 11) is 0. The fourth-order valence-corrected chi connectivity index (χ4v) is 2.61. The monoisotopic (exact) mass is 271 g/mol. The Morgan fingerprint density at radius 2 is 1.88 bits per heavy atom. The molecule has 0 saturated carbocycles. The van der Waals surface area contributed by atoms with Crippen molar-refractivity contribution in [3.05, 3.63) is 52.2 Å². The number of thiophene rings is 1. The van der Waals surface area contributed by atoms with Gasteiger partial charge >= 0.3 is 0 Å². The van der Waals surface area contributed by atoms with E-state index in [0.717, 1.165) is 0 Å². The summed E-state index contributed by atoms with van der Waals surface area (Å²) in [6.45, 7) is 0. The van der Waals surface area contributed by atoms with Crippen LogP contribution in [0.3, 0.4) is 0 Å². The van der Waals surface area contributed by atoms with Crippen LogP contribution in [0.2, 0.25) is 0 Å². The number of nitrogens with two attached hydrogens (primary N) is 1. The third kappa shape index (κ3) is 3.01. The SMILES string of the molecule is CSc1ccc([C@H](N)c2cccs2)cc1.Cl. The standard InChI is InChI=1S/C12H13NS2.ClH/c1-14-10-6-4-9(5-7-10)12(13)11-3-2-8-15-11;/h2-8,12H,13H2,1H3;1H/t12-;/m0./s1. The molecule has 2 N–H and O–H groups in total. The summed E-state index contributed by atoms with van der Waals surface area (Å²) in [5.74, 6) is 0. The third-order valence-corrected chi connectivity index (χ3v) is 4.02. The van der Waals surface area contributed by atoms with Crippen molar-refractivity contribution < 1.29 is 0 Å². The molecule has 0 radical (unpaired) electrons. The smallest absolute Gasteiger partial charge is 0.0646 e. The highest BCUT2D eigenvalue weighted by Gasteiger charge is 2.08. The van der Waals surface area contributed by atoms with Crippen LogP contribution in [0.25, 0.3) is 0 Å². The first-order chi connectivity index (χ1) is 7.31. The second kappa shape index (κ2) is 6.30. The van der Waals surface area contributed by atoms with Gasteiger partial charge in [-0.3, -0.25) is 0 Å². The molecule has 1 aromatic heterocycles. The minimum absolute atomic E-state index is 0. The van der Waals surface area contributed by atoms with Gasteiger partial charge in [0.15, 0.2) is 0 Å². The molecular formula is C12H14ClNS2. The van der Waals surface area contributed by atoms with E-state index in [1.807, 2.05) is 6.07 Å². The van der Waals surface area contributed by atoms with E-state index in [9.17, 15) is 0 Å². The Balaban J connectivity index is 0.00000128. The van der Waals surface area contributed by atoms with Crippen LogP contribution < -0.4 is 5.73 Å². The van der Waals surface area contributed by atoms with E-state index in [4.69, 9.17) is 5.73 Å². The van der Waals surface area contributed by atoms with E-state index in [0.29, 0.717) is 0 Å². The lowest BCUT2D eigenvalue weighted by molar-refractivity contribution is 0.891. The zero-order valence-electron chi connectivity index (χ0n) is 8.92. The first-order valence-electron chi connectivity index (χ1n) is 4.74. The first kappa shape index (κ1) is 13.6. The summed E-state index contributed by atoms with van der Waals surface area (Å²) in [5.41, 5.74) is 7.33. The van der Waals surface area contributed by atoms with Crippen molar-refractivity contribution in [1.29, 1.82) is 0 Å². The molecule has 0 unspecified atom stereocenters. The molecule has 2 rings (SSSR count). The van der Waals surface area contributed by atoms with Gasteiger partial charge in [0, 0.05) is 9.77 Å². The number of halogens is 1. The summed E-state index contributed by atoms with van der Waals surface area (Å²) in [4.78, 5) is 2.49. The molecule has 1 atom stereocenters. The maximum atomic E-state index is 6.16. The van der Waals surface area contributed by atoms with Gasteiger partial charge in [-0.1, -0.05) is 18.2 Å². The summed E-state index contributed by atoms with van der Waals surface area (Å²) in [6.07, 6.45) is 2.08. The van der Waals surface area contributed by atoms with Gasteiger partial charge in [0.1, 0.15) is 0 Å². The van der Waals surface area contributed by atoms with Gasteiger partial charge < -0.3 is 5.73 Å². The lowest BCUT2D eigenvalue weighted by atomic mass is 10.1. The lowest BCUT2D eigenvalue weighted by Gasteiger charge is -2.10. The van der Waals surface area contributed by atoms with E-state index in [-0.39, 0.29) is 18.4 Å². The van der Waals surface area contributed by atoms with Gasteiger partial charge in [0.25, 0.3) is 0 Å². The number of benzene rings is 1. The molecule has 0 fully saturated rings. The summed E-state index contributed by atoms with van der Waals surface area (Å²) in [5, 5.41) is 2.06. The highest BCUT2D eigenvalue weighted by Crippen LogP contribution is 2.25. The molecule has 0 saturated heterocycles. The normalized spacial score (nSPS) is 11.9. The fourth-order valence-electron chi connectivity index (χ4n) is 1.44. The van der Waals surface area contributed by atoms with E-state index in [1.165, 1.54) is 15.3 Å². The molecular weight excluding hydrogens is 258 g/mol. The van der Waals surface area contributed by atoms with Crippen LogP contribution >= 0.6 is 35.5 Å². The highest BCUT2D eigenvalue weighted by molar-refractivity contribution is 7.98. The number of hydrogen-bond acceptors (Lipinski definition) is 3. The maximum Gasteiger partial charge on any atom is 0.0646 e. The van der Waals surface area contributed by atoms with Gasteiger partial charge in [-0.15, -0.1) is 35.5 Å². The Morgan fingerprint density at radius 1 is 1.19 bits per heavy atom. The lowest BCUT2D eigenvalue weighted by Crippen LogP contribution is -2.09. The van der Waals surface area contributed by atoms with E-state index >= 15 is 0 Å². The molecule has 0 aliphatic rings. The predicted molar refractivity (Wildman–Crippen MR) is 75.8 cm³/mol. The third-order valence-electron chi connectivity index (χ3n) is 2.32. The van der Waals surface area contributed by atoms with Crippen molar-refractivity contribution in [2.75, 3.05) is 6.26 Å². The largest absolute Gasteiger partial charge is 0.320 e. The molecule has 1 aromatic carbocycles. The molecule has 4 heteroatoms. The summed E-state index contributed by atoms with van der Waals surface area (Å²) >= 11 is 3.45. The molecule has 0 amide bonds. The Kier molecular flexibility index (Phi) is 5.35. The van der Waals surface area contributed by atoms with Crippen molar-refractivity contribution in [1.82, 2.24) is 0 Å². The minimum Gasteiger partial charge on any atom is -0.320 e. The first-order valence-corrected chi connectivity index (χ1v) is 6.84. The van der Waals surface area contributed by atoms with Crippen LogP contribution in [0.4, 0.5) is 0 Å². The van der Waals surface area contributed by atoms with Crippen LogP contribution in [-0.4, -0.2) is 6.26 Å². The van der Waals surface area contributed by atoms with Crippen molar-refractivity contribution >= 4 is 35.5 Å². The van der Waals surface area contributed by atoms with Crippen LogP contribution in [-0.2, 0) is 0 Å². The number of thioether (sulfide) groups is 1. The van der Waals surface area contributed by atoms with E-state index in [2.05, 4.69) is 42.0 Å². The Hall–Kier alpha value is -0.480.